The molecule has 1 saturated heterocycles. The molecule has 2 nitrogen and oxygen atoms in total. The van der Waals surface area contributed by atoms with Crippen LogP contribution in [0, 0.1) is 0 Å². The van der Waals surface area contributed by atoms with Crippen LogP contribution in [0.15, 0.2) is 12.1 Å². The lowest BCUT2D eigenvalue weighted by Crippen LogP contribution is -2.19. The molecule has 1 fully saturated rings. The third-order valence-corrected chi connectivity index (χ3v) is 3.38. The Bertz CT molecular complexity index is 419. The van der Waals surface area contributed by atoms with Crippen LogP contribution in [-0.2, 0) is 4.79 Å². The Balaban J connectivity index is 2.36. The number of benzene rings is 1. The SMILES string of the molecule is O=C1CCN(c2cc(Cl)c(Cl)cc2Cl)C1. The Labute approximate surface area is 103 Å². The maximum Gasteiger partial charge on any atom is 0.153 e. The molecule has 1 aliphatic rings. The van der Waals surface area contributed by atoms with Crippen LogP contribution < -0.4 is 4.90 Å². The fourth-order valence-electron chi connectivity index (χ4n) is 1.59. The first-order valence-electron chi connectivity index (χ1n) is 4.49. The summed E-state index contributed by atoms with van der Waals surface area (Å²) in [5.74, 6) is 0.220. The van der Waals surface area contributed by atoms with Crippen molar-refractivity contribution in [3.63, 3.8) is 0 Å². The van der Waals surface area contributed by atoms with Crippen LogP contribution in [0.4, 0.5) is 5.69 Å². The summed E-state index contributed by atoms with van der Waals surface area (Å²) in [6.45, 7) is 1.09. The summed E-state index contributed by atoms with van der Waals surface area (Å²) in [6.07, 6.45) is 0.566. The van der Waals surface area contributed by atoms with Crippen LogP contribution >= 0.6 is 34.8 Å². The molecule has 1 aliphatic heterocycles. The van der Waals surface area contributed by atoms with Gasteiger partial charge in [0.2, 0.25) is 0 Å². The van der Waals surface area contributed by atoms with Crippen molar-refractivity contribution in [2.45, 2.75) is 6.42 Å². The summed E-state index contributed by atoms with van der Waals surface area (Å²) in [4.78, 5) is 13.1. The highest BCUT2D eigenvalue weighted by Crippen LogP contribution is 2.35. The van der Waals surface area contributed by atoms with E-state index in [4.69, 9.17) is 34.8 Å². The molecule has 0 N–H and O–H groups in total. The second kappa shape index (κ2) is 4.20. The molecule has 1 heterocycles. The number of nitrogens with zero attached hydrogens (tertiary/aromatic N) is 1. The van der Waals surface area contributed by atoms with Crippen molar-refractivity contribution >= 4 is 46.3 Å². The molecule has 0 bridgehead atoms. The van der Waals surface area contributed by atoms with Gasteiger partial charge in [-0.3, -0.25) is 4.79 Å². The zero-order valence-corrected chi connectivity index (χ0v) is 10.0. The zero-order valence-electron chi connectivity index (χ0n) is 7.77. The van der Waals surface area contributed by atoms with Crippen LogP contribution in [0.25, 0.3) is 0 Å². The van der Waals surface area contributed by atoms with Gasteiger partial charge in [-0.2, -0.15) is 0 Å². The molecular weight excluding hydrogens is 256 g/mol. The summed E-state index contributed by atoms with van der Waals surface area (Å²) < 4.78 is 0. The van der Waals surface area contributed by atoms with Gasteiger partial charge in [-0.05, 0) is 12.1 Å². The zero-order chi connectivity index (χ0) is 11.0. The lowest BCUT2D eigenvalue weighted by Gasteiger charge is -2.18. The van der Waals surface area contributed by atoms with E-state index in [1.165, 1.54) is 0 Å². The fourth-order valence-corrected chi connectivity index (χ4v) is 2.25. The van der Waals surface area contributed by atoms with Gasteiger partial charge in [0.05, 0.1) is 27.3 Å². The van der Waals surface area contributed by atoms with Gasteiger partial charge >= 0.3 is 0 Å². The first kappa shape index (κ1) is 11.1. The first-order chi connectivity index (χ1) is 7.08. The molecule has 0 spiro atoms. The minimum Gasteiger partial charge on any atom is -0.363 e. The van der Waals surface area contributed by atoms with Crippen LogP contribution in [0.1, 0.15) is 6.42 Å². The normalized spacial score (nSPS) is 16.2. The van der Waals surface area contributed by atoms with E-state index in [-0.39, 0.29) is 5.78 Å². The van der Waals surface area contributed by atoms with Crippen molar-refractivity contribution in [2.24, 2.45) is 0 Å². The van der Waals surface area contributed by atoms with Gasteiger partial charge in [0, 0.05) is 13.0 Å². The third kappa shape index (κ3) is 2.22. The number of carbonyl (C=O) groups is 1. The largest absolute Gasteiger partial charge is 0.363 e. The van der Waals surface area contributed by atoms with Crippen LogP contribution in [0.5, 0.6) is 0 Å². The van der Waals surface area contributed by atoms with Gasteiger partial charge in [-0.1, -0.05) is 34.8 Å². The number of hydrogen-bond donors (Lipinski definition) is 0. The Morgan fingerprint density at radius 1 is 1.07 bits per heavy atom. The van der Waals surface area contributed by atoms with E-state index in [0.717, 1.165) is 5.69 Å². The highest BCUT2D eigenvalue weighted by molar-refractivity contribution is 6.44. The number of ketones is 1. The topological polar surface area (TPSA) is 20.3 Å². The minimum absolute atomic E-state index is 0.220. The summed E-state index contributed by atoms with van der Waals surface area (Å²) in [5.41, 5.74) is 0.775. The molecule has 0 aromatic heterocycles. The molecule has 0 radical (unpaired) electrons. The number of carbonyl (C=O) groups excluding carboxylic acids is 1. The van der Waals surface area contributed by atoms with E-state index in [2.05, 4.69) is 0 Å². The van der Waals surface area contributed by atoms with E-state index < -0.39 is 0 Å². The maximum atomic E-state index is 11.1. The summed E-state index contributed by atoms with van der Waals surface area (Å²) in [5, 5.41) is 1.41. The molecule has 1 aromatic carbocycles. The van der Waals surface area contributed by atoms with Gasteiger partial charge in [0.1, 0.15) is 0 Å². The van der Waals surface area contributed by atoms with Gasteiger partial charge in [-0.25, -0.2) is 0 Å². The summed E-state index contributed by atoms with van der Waals surface area (Å²) in [7, 11) is 0. The quantitative estimate of drug-likeness (QED) is 0.724. The van der Waals surface area contributed by atoms with Crippen LogP contribution in [0.2, 0.25) is 15.1 Å². The van der Waals surface area contributed by atoms with Crippen molar-refractivity contribution in [3.05, 3.63) is 27.2 Å². The molecule has 0 saturated carbocycles. The second-order valence-electron chi connectivity index (χ2n) is 3.43. The fraction of sp³-hybridized carbons (Fsp3) is 0.300. The Morgan fingerprint density at radius 2 is 1.73 bits per heavy atom. The molecule has 0 atom stereocenters. The van der Waals surface area contributed by atoms with Crippen molar-refractivity contribution in [3.8, 4) is 0 Å². The molecule has 0 aliphatic carbocycles. The Hall–Kier alpha value is -0.440. The third-order valence-electron chi connectivity index (χ3n) is 2.36. The highest BCUT2D eigenvalue weighted by atomic mass is 35.5. The van der Waals surface area contributed by atoms with Gasteiger partial charge < -0.3 is 4.90 Å². The molecule has 1 aromatic rings. The number of hydrogen-bond acceptors (Lipinski definition) is 2. The molecule has 0 unspecified atom stereocenters. The standard InChI is InChI=1S/C10H8Cl3NO/c11-7-3-9(13)10(4-8(7)12)14-2-1-6(15)5-14/h3-4H,1-2,5H2. The molecule has 15 heavy (non-hydrogen) atoms. The van der Waals surface area contributed by atoms with Crippen LogP contribution in [0.3, 0.4) is 0 Å². The van der Waals surface area contributed by atoms with Crippen molar-refractivity contribution < 1.29 is 4.79 Å². The molecular formula is C10H8Cl3NO. The van der Waals surface area contributed by atoms with Crippen molar-refractivity contribution in [2.75, 3.05) is 18.0 Å². The Morgan fingerprint density at radius 3 is 2.33 bits per heavy atom. The van der Waals surface area contributed by atoms with E-state index in [0.29, 0.717) is 34.6 Å². The monoisotopic (exact) mass is 263 g/mol. The highest BCUT2D eigenvalue weighted by Gasteiger charge is 2.22. The number of anilines is 1. The lowest BCUT2D eigenvalue weighted by molar-refractivity contribution is -0.116. The maximum absolute atomic E-state index is 11.1. The smallest absolute Gasteiger partial charge is 0.153 e. The number of halogens is 3. The summed E-state index contributed by atoms with van der Waals surface area (Å²) in [6, 6.07) is 3.30. The van der Waals surface area contributed by atoms with Gasteiger partial charge in [0.25, 0.3) is 0 Å². The number of rotatable bonds is 1. The Kier molecular flexibility index (Phi) is 3.10. The molecule has 80 valence electrons. The van der Waals surface area contributed by atoms with Gasteiger partial charge in [0.15, 0.2) is 5.78 Å². The van der Waals surface area contributed by atoms with Crippen molar-refractivity contribution in [1.29, 1.82) is 0 Å². The van der Waals surface area contributed by atoms with E-state index in [9.17, 15) is 4.79 Å². The molecule has 0 amide bonds. The predicted octanol–water partition coefficient (Wildman–Crippen LogP) is 3.43. The van der Waals surface area contributed by atoms with Crippen molar-refractivity contribution in [1.82, 2.24) is 0 Å². The van der Waals surface area contributed by atoms with E-state index in [1.54, 1.807) is 12.1 Å². The van der Waals surface area contributed by atoms with E-state index in [1.807, 2.05) is 4.90 Å². The minimum atomic E-state index is 0.220. The number of Topliss-reactive ketones (excluding diaryl/α,β-unsaturated/α-hetero) is 1. The molecule has 2 rings (SSSR count). The lowest BCUT2D eigenvalue weighted by atomic mass is 10.3. The predicted molar refractivity (Wildman–Crippen MR) is 63.3 cm³/mol. The first-order valence-corrected chi connectivity index (χ1v) is 5.62. The average Bonchev–Trinajstić information content (AvgIpc) is 2.58. The second-order valence-corrected chi connectivity index (χ2v) is 4.65. The summed E-state index contributed by atoms with van der Waals surface area (Å²) >= 11 is 17.8. The van der Waals surface area contributed by atoms with Gasteiger partial charge in [-0.15, -0.1) is 0 Å². The van der Waals surface area contributed by atoms with Crippen LogP contribution in [-0.4, -0.2) is 18.9 Å². The average molecular weight is 265 g/mol. The molecule has 5 heteroatoms. The van der Waals surface area contributed by atoms with E-state index >= 15 is 0 Å².